The molecule has 0 radical (unpaired) electrons. The highest BCUT2D eigenvalue weighted by Crippen LogP contribution is 2.29. The van der Waals surface area contributed by atoms with E-state index in [-0.39, 0.29) is 0 Å². The third kappa shape index (κ3) is 3.16. The van der Waals surface area contributed by atoms with Crippen LogP contribution in [-0.4, -0.2) is 19.2 Å². The number of nitrogens with zero attached hydrogens (tertiary/aromatic N) is 1. The largest absolute Gasteiger partial charge is 0.497 e. The van der Waals surface area contributed by atoms with Gasteiger partial charge >= 0.3 is 0 Å². The van der Waals surface area contributed by atoms with Gasteiger partial charge in [-0.25, -0.2) is 0 Å². The predicted molar refractivity (Wildman–Crippen MR) is 75.8 cm³/mol. The van der Waals surface area contributed by atoms with Crippen molar-refractivity contribution >= 4 is 5.69 Å². The Hall–Kier alpha value is -2.23. The smallest absolute Gasteiger partial charge is 0.142 e. The standard InChI is InChI=1S/C15H18N2O2/c1-11-5-4-8-16-14(11)10-17-13-9-12(18-2)6-7-15(13)19-3/h4-9,17H,10H2,1-3H3. The number of nitrogens with one attached hydrogen (secondary N) is 1. The number of methoxy groups -OCH3 is 2. The van der Waals surface area contributed by atoms with Crippen molar-refractivity contribution in [2.75, 3.05) is 19.5 Å². The molecule has 100 valence electrons. The maximum absolute atomic E-state index is 5.33. The van der Waals surface area contributed by atoms with Crippen molar-refractivity contribution in [2.45, 2.75) is 13.5 Å². The Labute approximate surface area is 113 Å². The molecular formula is C15H18N2O2. The van der Waals surface area contributed by atoms with E-state index in [1.54, 1.807) is 20.4 Å². The molecular weight excluding hydrogens is 240 g/mol. The lowest BCUT2D eigenvalue weighted by atomic mass is 10.2. The van der Waals surface area contributed by atoms with Gasteiger partial charge < -0.3 is 14.8 Å². The van der Waals surface area contributed by atoms with Gasteiger partial charge in [0.05, 0.1) is 32.1 Å². The molecule has 1 aromatic carbocycles. The van der Waals surface area contributed by atoms with Crippen LogP contribution in [0.15, 0.2) is 36.5 Å². The highest BCUT2D eigenvalue weighted by molar-refractivity contribution is 5.59. The van der Waals surface area contributed by atoms with Gasteiger partial charge in [0.2, 0.25) is 0 Å². The van der Waals surface area contributed by atoms with E-state index >= 15 is 0 Å². The van der Waals surface area contributed by atoms with Crippen molar-refractivity contribution in [1.82, 2.24) is 4.98 Å². The van der Waals surface area contributed by atoms with E-state index in [1.807, 2.05) is 37.3 Å². The van der Waals surface area contributed by atoms with Crippen molar-refractivity contribution in [3.8, 4) is 11.5 Å². The van der Waals surface area contributed by atoms with Crippen LogP contribution >= 0.6 is 0 Å². The van der Waals surface area contributed by atoms with Crippen molar-refractivity contribution in [3.63, 3.8) is 0 Å². The summed E-state index contributed by atoms with van der Waals surface area (Å²) in [7, 11) is 3.30. The molecule has 0 fully saturated rings. The van der Waals surface area contributed by atoms with Gasteiger partial charge in [0.1, 0.15) is 11.5 Å². The summed E-state index contributed by atoms with van der Waals surface area (Å²) in [5, 5.41) is 3.33. The molecule has 0 saturated heterocycles. The van der Waals surface area contributed by atoms with E-state index in [9.17, 15) is 0 Å². The summed E-state index contributed by atoms with van der Waals surface area (Å²) in [6.45, 7) is 2.70. The zero-order valence-corrected chi connectivity index (χ0v) is 11.4. The first-order valence-corrected chi connectivity index (χ1v) is 6.11. The van der Waals surface area contributed by atoms with Crippen molar-refractivity contribution < 1.29 is 9.47 Å². The van der Waals surface area contributed by atoms with Crippen LogP contribution < -0.4 is 14.8 Å². The fourth-order valence-corrected chi connectivity index (χ4v) is 1.83. The molecule has 1 aromatic heterocycles. The van der Waals surface area contributed by atoms with Crippen molar-refractivity contribution in [3.05, 3.63) is 47.8 Å². The van der Waals surface area contributed by atoms with Gasteiger partial charge in [-0.3, -0.25) is 4.98 Å². The van der Waals surface area contributed by atoms with Crippen LogP contribution in [0.5, 0.6) is 11.5 Å². The molecule has 1 heterocycles. The maximum Gasteiger partial charge on any atom is 0.142 e. The van der Waals surface area contributed by atoms with E-state index in [4.69, 9.17) is 9.47 Å². The number of hydrogen-bond donors (Lipinski definition) is 1. The summed E-state index contributed by atoms with van der Waals surface area (Å²) >= 11 is 0. The third-order valence-corrected chi connectivity index (χ3v) is 2.97. The van der Waals surface area contributed by atoms with E-state index < -0.39 is 0 Å². The first kappa shape index (κ1) is 13.2. The van der Waals surface area contributed by atoms with Crippen molar-refractivity contribution in [1.29, 1.82) is 0 Å². The number of rotatable bonds is 5. The summed E-state index contributed by atoms with van der Waals surface area (Å²) in [6, 6.07) is 9.65. The van der Waals surface area contributed by atoms with Crippen LogP contribution in [0.3, 0.4) is 0 Å². The number of pyridine rings is 1. The number of anilines is 1. The van der Waals surface area contributed by atoms with Gasteiger partial charge in [-0.2, -0.15) is 0 Å². The average Bonchev–Trinajstić information content (AvgIpc) is 2.46. The van der Waals surface area contributed by atoms with E-state index in [2.05, 4.69) is 10.3 Å². The van der Waals surface area contributed by atoms with Crippen LogP contribution in [0.1, 0.15) is 11.3 Å². The van der Waals surface area contributed by atoms with Gasteiger partial charge in [0.25, 0.3) is 0 Å². The Morgan fingerprint density at radius 2 is 2.00 bits per heavy atom. The highest BCUT2D eigenvalue weighted by atomic mass is 16.5. The maximum atomic E-state index is 5.33. The molecule has 0 aliphatic carbocycles. The fourth-order valence-electron chi connectivity index (χ4n) is 1.83. The van der Waals surface area contributed by atoms with E-state index in [0.29, 0.717) is 6.54 Å². The lowest BCUT2D eigenvalue weighted by molar-refractivity contribution is 0.404. The number of aromatic nitrogens is 1. The van der Waals surface area contributed by atoms with Gasteiger partial charge in [0.15, 0.2) is 0 Å². The quantitative estimate of drug-likeness (QED) is 0.895. The van der Waals surface area contributed by atoms with E-state index in [1.165, 1.54) is 0 Å². The van der Waals surface area contributed by atoms with Gasteiger partial charge in [0, 0.05) is 12.3 Å². The minimum atomic E-state index is 0.649. The molecule has 2 aromatic rings. The third-order valence-electron chi connectivity index (χ3n) is 2.97. The molecule has 0 amide bonds. The van der Waals surface area contributed by atoms with Crippen LogP contribution in [-0.2, 0) is 6.54 Å². The monoisotopic (exact) mass is 258 g/mol. The minimum absolute atomic E-state index is 0.649. The van der Waals surface area contributed by atoms with Gasteiger partial charge in [-0.15, -0.1) is 0 Å². The Bertz CT molecular complexity index is 556. The second-order valence-corrected chi connectivity index (χ2v) is 4.19. The molecule has 0 atom stereocenters. The molecule has 0 aliphatic rings. The normalized spacial score (nSPS) is 10.1. The zero-order valence-electron chi connectivity index (χ0n) is 11.4. The highest BCUT2D eigenvalue weighted by Gasteiger charge is 2.06. The molecule has 0 bridgehead atoms. The number of benzene rings is 1. The zero-order chi connectivity index (χ0) is 13.7. The summed E-state index contributed by atoms with van der Waals surface area (Å²) in [5.41, 5.74) is 3.08. The molecule has 0 unspecified atom stereocenters. The second kappa shape index (κ2) is 6.09. The first-order valence-electron chi connectivity index (χ1n) is 6.11. The fraction of sp³-hybridized carbons (Fsp3) is 0.267. The molecule has 4 heteroatoms. The molecule has 2 rings (SSSR count). The second-order valence-electron chi connectivity index (χ2n) is 4.19. The Balaban J connectivity index is 2.16. The molecule has 0 spiro atoms. The lowest BCUT2D eigenvalue weighted by Gasteiger charge is -2.13. The van der Waals surface area contributed by atoms with Gasteiger partial charge in [-0.05, 0) is 30.7 Å². The minimum Gasteiger partial charge on any atom is -0.497 e. The van der Waals surface area contributed by atoms with Crippen molar-refractivity contribution in [2.24, 2.45) is 0 Å². The molecule has 1 N–H and O–H groups in total. The molecule has 0 aliphatic heterocycles. The topological polar surface area (TPSA) is 43.4 Å². The summed E-state index contributed by atoms with van der Waals surface area (Å²) in [4.78, 5) is 4.36. The van der Waals surface area contributed by atoms with Crippen LogP contribution in [0.4, 0.5) is 5.69 Å². The summed E-state index contributed by atoms with van der Waals surface area (Å²) < 4.78 is 10.5. The van der Waals surface area contributed by atoms with Crippen LogP contribution in [0.2, 0.25) is 0 Å². The molecule has 4 nitrogen and oxygen atoms in total. The number of aryl methyl sites for hydroxylation is 1. The Morgan fingerprint density at radius 1 is 1.16 bits per heavy atom. The predicted octanol–water partition coefficient (Wildman–Crippen LogP) is 3.02. The number of ether oxygens (including phenoxy) is 2. The molecule has 0 saturated carbocycles. The average molecular weight is 258 g/mol. The van der Waals surface area contributed by atoms with Crippen LogP contribution in [0.25, 0.3) is 0 Å². The number of hydrogen-bond acceptors (Lipinski definition) is 4. The summed E-state index contributed by atoms with van der Waals surface area (Å²) in [6.07, 6.45) is 1.80. The SMILES string of the molecule is COc1ccc(OC)c(NCc2ncccc2C)c1. The lowest BCUT2D eigenvalue weighted by Crippen LogP contribution is -2.05. The molecule has 19 heavy (non-hydrogen) atoms. The summed E-state index contributed by atoms with van der Waals surface area (Å²) in [5.74, 6) is 1.58. The first-order chi connectivity index (χ1) is 9.24. The van der Waals surface area contributed by atoms with E-state index in [0.717, 1.165) is 28.4 Å². The van der Waals surface area contributed by atoms with Gasteiger partial charge in [-0.1, -0.05) is 6.07 Å². The van der Waals surface area contributed by atoms with Crippen LogP contribution in [0, 0.1) is 6.92 Å². The Kier molecular flexibility index (Phi) is 4.23. The Morgan fingerprint density at radius 3 is 2.68 bits per heavy atom.